The minimum absolute atomic E-state index is 0.0561. The molecule has 55 heavy (non-hydrogen) atoms. The smallest absolute Gasteiger partial charge is 0.254 e. The summed E-state index contributed by atoms with van der Waals surface area (Å²) in [5.74, 6) is -5.00. The molecule has 2 aromatic rings. The van der Waals surface area contributed by atoms with E-state index in [0.29, 0.717) is 25.7 Å². The Morgan fingerprint density at radius 1 is 0.818 bits per heavy atom. The number of rotatable bonds is 21. The predicted octanol–water partition coefficient (Wildman–Crippen LogP) is 0.870. The third-order valence-electron chi connectivity index (χ3n) is 9.93. The van der Waals surface area contributed by atoms with Crippen molar-refractivity contribution in [3.63, 3.8) is 0 Å². The molecule has 2 aromatic carbocycles. The lowest BCUT2D eigenvalue weighted by molar-refractivity contribution is -0.149. The van der Waals surface area contributed by atoms with Crippen molar-refractivity contribution < 1.29 is 38.3 Å². The number of ether oxygens (including phenoxy) is 1. The summed E-state index contributed by atoms with van der Waals surface area (Å²) in [5.41, 5.74) is 12.7. The molecule has 3 rings (SSSR count). The maximum Gasteiger partial charge on any atom is 0.254 e. The molecule has 0 bridgehead atoms. The summed E-state index contributed by atoms with van der Waals surface area (Å²) < 4.78 is 5.76. The van der Waals surface area contributed by atoms with E-state index in [0.717, 1.165) is 11.1 Å². The highest BCUT2D eigenvalue weighted by Gasteiger charge is 2.42. The van der Waals surface area contributed by atoms with Crippen molar-refractivity contribution in [2.24, 2.45) is 23.3 Å². The van der Waals surface area contributed by atoms with Crippen LogP contribution in [0.5, 0.6) is 0 Å². The van der Waals surface area contributed by atoms with Gasteiger partial charge in [-0.25, -0.2) is 0 Å². The van der Waals surface area contributed by atoms with Gasteiger partial charge in [0.15, 0.2) is 6.10 Å². The molecule has 0 saturated carbocycles. The summed E-state index contributed by atoms with van der Waals surface area (Å²) in [6.07, 6.45) is 0.146. The van der Waals surface area contributed by atoms with E-state index in [9.17, 15) is 33.6 Å². The summed E-state index contributed by atoms with van der Waals surface area (Å²) in [4.78, 5) is 93.8. The first-order valence-corrected chi connectivity index (χ1v) is 18.9. The number of hydrogen-bond acceptors (Lipinski definition) is 8. The van der Waals surface area contributed by atoms with Gasteiger partial charge in [0.25, 0.3) is 5.91 Å². The molecule has 1 fully saturated rings. The third kappa shape index (κ3) is 13.2. The second-order valence-corrected chi connectivity index (χ2v) is 14.4. The maximum absolute atomic E-state index is 14.4. The first kappa shape index (κ1) is 44.1. The molecule has 15 heteroatoms. The third-order valence-corrected chi connectivity index (χ3v) is 9.93. The topological polar surface area (TPSA) is 232 Å². The highest BCUT2D eigenvalue weighted by atomic mass is 16.5. The molecular formula is C40H57N7O8. The summed E-state index contributed by atoms with van der Waals surface area (Å²) in [6, 6.07) is 13.1. The minimum Gasteiger partial charge on any atom is -0.370 e. The minimum atomic E-state index is -1.33. The molecule has 0 radical (unpaired) electrons. The van der Waals surface area contributed by atoms with Gasteiger partial charge in [-0.15, -0.1) is 0 Å². The largest absolute Gasteiger partial charge is 0.370 e. The van der Waals surface area contributed by atoms with Crippen LogP contribution in [-0.4, -0.2) is 96.2 Å². The summed E-state index contributed by atoms with van der Waals surface area (Å²) in [6.45, 7) is 7.36. The predicted molar refractivity (Wildman–Crippen MR) is 205 cm³/mol. The Hall–Kier alpha value is -5.31. The number of methoxy groups -OCH3 is 1. The molecular weight excluding hydrogens is 706 g/mol. The van der Waals surface area contributed by atoms with Gasteiger partial charge in [0.1, 0.15) is 24.2 Å². The molecule has 300 valence electrons. The Bertz CT molecular complexity index is 1620. The summed E-state index contributed by atoms with van der Waals surface area (Å²) in [7, 11) is 1.32. The van der Waals surface area contributed by atoms with Crippen molar-refractivity contribution in [1.82, 2.24) is 26.2 Å². The monoisotopic (exact) mass is 763 g/mol. The Balaban J connectivity index is 1.84. The van der Waals surface area contributed by atoms with E-state index < -0.39 is 84.1 Å². The van der Waals surface area contributed by atoms with E-state index >= 15 is 0 Å². The van der Waals surface area contributed by atoms with Gasteiger partial charge in [0.2, 0.25) is 35.4 Å². The van der Waals surface area contributed by atoms with E-state index in [-0.39, 0.29) is 31.2 Å². The lowest BCUT2D eigenvalue weighted by Crippen LogP contribution is -2.61. The first-order valence-electron chi connectivity index (χ1n) is 18.9. The average Bonchev–Trinajstić information content (AvgIpc) is 3.65. The van der Waals surface area contributed by atoms with E-state index in [1.165, 1.54) is 12.0 Å². The van der Waals surface area contributed by atoms with Gasteiger partial charge >= 0.3 is 0 Å². The number of nitrogens with zero attached hydrogens (tertiary/aromatic N) is 1. The molecule has 1 unspecified atom stereocenters. The lowest BCUT2D eigenvalue weighted by atomic mass is 9.96. The lowest BCUT2D eigenvalue weighted by Gasteiger charge is -2.34. The van der Waals surface area contributed by atoms with Crippen LogP contribution in [0.25, 0.3) is 0 Å². The van der Waals surface area contributed by atoms with Crippen LogP contribution in [0.2, 0.25) is 0 Å². The first-order chi connectivity index (χ1) is 26.2. The molecule has 7 atom stereocenters. The van der Waals surface area contributed by atoms with Gasteiger partial charge in [-0.05, 0) is 48.6 Å². The van der Waals surface area contributed by atoms with Crippen molar-refractivity contribution in [2.45, 2.75) is 109 Å². The molecule has 1 heterocycles. The summed E-state index contributed by atoms with van der Waals surface area (Å²) in [5, 5.41) is 10.9. The number of carbonyl (C=O) groups excluding carboxylic acids is 7. The fraction of sp³-hybridized carbons (Fsp3) is 0.525. The SMILES string of the molecule is CC[C@@H](C)[C@H](NC(=O)C1CCCN1C(=O)[C@@H](OC)[C@H](Cc1ccccc1)NC(=O)[C@H](CC(N)=O)NC(=O)CCc1ccccc1)C(=O)N[C@H](C(N)=O)C(C)C. The number of carbonyl (C=O) groups is 7. The van der Waals surface area contributed by atoms with Gasteiger partial charge in [-0.3, -0.25) is 33.6 Å². The molecule has 0 spiro atoms. The Kier molecular flexibility index (Phi) is 17.3. The second-order valence-electron chi connectivity index (χ2n) is 14.4. The van der Waals surface area contributed by atoms with Crippen molar-refractivity contribution in [3.8, 4) is 0 Å². The molecule has 8 N–H and O–H groups in total. The van der Waals surface area contributed by atoms with Crippen LogP contribution in [0, 0.1) is 11.8 Å². The average molecular weight is 764 g/mol. The number of nitrogens with two attached hydrogens (primary N) is 2. The number of aryl methyl sites for hydroxylation is 1. The fourth-order valence-electron chi connectivity index (χ4n) is 6.63. The molecule has 1 saturated heterocycles. The van der Waals surface area contributed by atoms with Gasteiger partial charge in [0.05, 0.1) is 12.5 Å². The zero-order valence-electron chi connectivity index (χ0n) is 32.4. The Morgan fingerprint density at radius 3 is 1.98 bits per heavy atom. The molecule has 0 aliphatic carbocycles. The van der Waals surface area contributed by atoms with Crippen LogP contribution in [-0.2, 0) is 51.1 Å². The molecule has 15 nitrogen and oxygen atoms in total. The van der Waals surface area contributed by atoms with E-state index in [1.807, 2.05) is 55.5 Å². The zero-order chi connectivity index (χ0) is 40.7. The quantitative estimate of drug-likeness (QED) is 0.107. The van der Waals surface area contributed by atoms with Crippen LogP contribution in [0.4, 0.5) is 0 Å². The van der Waals surface area contributed by atoms with E-state index in [4.69, 9.17) is 16.2 Å². The van der Waals surface area contributed by atoms with Crippen LogP contribution >= 0.6 is 0 Å². The highest BCUT2D eigenvalue weighted by Crippen LogP contribution is 2.22. The molecule has 0 aromatic heterocycles. The number of benzene rings is 2. The number of nitrogens with one attached hydrogen (secondary N) is 4. The van der Waals surface area contributed by atoms with Gasteiger partial charge in [-0.2, -0.15) is 0 Å². The number of likely N-dealkylation sites (tertiary alicyclic amines) is 1. The Labute approximate surface area is 323 Å². The number of hydrogen-bond donors (Lipinski definition) is 6. The van der Waals surface area contributed by atoms with Crippen LogP contribution in [0.15, 0.2) is 60.7 Å². The van der Waals surface area contributed by atoms with Gasteiger partial charge in [0, 0.05) is 20.1 Å². The standard InChI is InChI=1S/C40H57N7O8/c1-6-25(4)34(39(53)45-33(24(2)3)36(42)50)46-38(52)30-18-13-21-47(30)40(54)35(55-5)28(22-27-16-11-8-12-17-27)44-37(51)29(23-31(41)48)43-32(49)20-19-26-14-9-7-10-15-26/h7-12,14-17,24-25,28-30,33-35H,6,13,18-23H2,1-5H3,(H2,41,48)(H2,42,50)(H,43,49)(H,44,51)(H,45,53)(H,46,52)/t25-,28+,29+,30?,33+,34+,35+/m1/s1. The zero-order valence-corrected chi connectivity index (χ0v) is 32.4. The van der Waals surface area contributed by atoms with Crippen LogP contribution in [0.3, 0.4) is 0 Å². The van der Waals surface area contributed by atoms with Crippen molar-refractivity contribution >= 4 is 41.4 Å². The molecule has 7 amide bonds. The number of amides is 7. The van der Waals surface area contributed by atoms with Gasteiger partial charge < -0.3 is 42.4 Å². The van der Waals surface area contributed by atoms with E-state index in [1.54, 1.807) is 32.9 Å². The van der Waals surface area contributed by atoms with Crippen LogP contribution in [0.1, 0.15) is 70.9 Å². The fourth-order valence-corrected chi connectivity index (χ4v) is 6.63. The van der Waals surface area contributed by atoms with Gasteiger partial charge in [-0.1, -0.05) is 94.8 Å². The molecule has 1 aliphatic rings. The second kappa shape index (κ2) is 21.5. The molecule has 1 aliphatic heterocycles. The highest BCUT2D eigenvalue weighted by molar-refractivity contribution is 5.96. The van der Waals surface area contributed by atoms with Crippen molar-refractivity contribution in [3.05, 3.63) is 71.8 Å². The van der Waals surface area contributed by atoms with Crippen molar-refractivity contribution in [1.29, 1.82) is 0 Å². The van der Waals surface area contributed by atoms with E-state index in [2.05, 4.69) is 21.3 Å². The van der Waals surface area contributed by atoms with Crippen molar-refractivity contribution in [2.75, 3.05) is 13.7 Å². The number of primary amides is 2. The maximum atomic E-state index is 14.4. The summed E-state index contributed by atoms with van der Waals surface area (Å²) >= 11 is 0. The Morgan fingerprint density at radius 2 is 1.44 bits per heavy atom. The normalized spacial score (nSPS) is 17.2. The van der Waals surface area contributed by atoms with Crippen LogP contribution < -0.4 is 32.7 Å².